The number of hydrogen-bond donors (Lipinski definition) is 21. The maximum absolute atomic E-state index is 14.9. The number of carbonyl (C=O) groups excluding carboxylic acids is 16. The topological polar surface area (TPSA) is 669 Å². The first kappa shape index (κ1) is 111. The maximum atomic E-state index is 14.9. The van der Waals surface area contributed by atoms with Gasteiger partial charge in [-0.2, -0.15) is 0 Å². The van der Waals surface area contributed by atoms with Crippen LogP contribution in [0.25, 0.3) is 0 Å². The molecule has 3 aliphatic rings. The summed E-state index contributed by atoms with van der Waals surface area (Å²) in [5, 5.41) is 73.4. The Labute approximate surface area is 773 Å². The second-order valence-corrected chi connectivity index (χ2v) is 35.7. The van der Waals surface area contributed by atoms with Crippen LogP contribution in [-0.2, 0) is 113 Å². The van der Waals surface area contributed by atoms with Gasteiger partial charge in [0.25, 0.3) is 0 Å². The molecule has 3 heterocycles. The van der Waals surface area contributed by atoms with Crippen LogP contribution in [0.15, 0.2) is 60.7 Å². The molecule has 0 spiro atoms. The van der Waals surface area contributed by atoms with Gasteiger partial charge in [-0.1, -0.05) is 60.7 Å². The van der Waals surface area contributed by atoms with E-state index in [4.69, 9.17) is 36.5 Å². The summed E-state index contributed by atoms with van der Waals surface area (Å²) < 4.78 is 17.2. The number of nitrogens with one attached hydrogen (secondary N) is 17. The number of ether oxygens (including phenoxy) is 3. The van der Waals surface area contributed by atoms with E-state index in [9.17, 15) is 96.5 Å². The number of rotatable bonds is 39. The van der Waals surface area contributed by atoms with Crippen molar-refractivity contribution in [1.29, 1.82) is 10.8 Å². The number of carboxylic acids is 2. The molecule has 3 saturated heterocycles. The molecule has 46 nitrogen and oxygen atoms in total. The van der Waals surface area contributed by atoms with E-state index >= 15 is 0 Å². The van der Waals surface area contributed by atoms with Gasteiger partial charge in [0, 0.05) is 97.8 Å². The summed E-state index contributed by atoms with van der Waals surface area (Å²) in [4.78, 5) is 256. The van der Waals surface area contributed by atoms with Crippen molar-refractivity contribution >= 4 is 119 Å². The number of nitrogens with zero attached hydrogens (tertiary/aromatic N) is 4. The van der Waals surface area contributed by atoms with Gasteiger partial charge in [-0.05, 0) is 144 Å². The number of hydrogen-bond acceptors (Lipinski definition) is 27. The summed E-state index contributed by atoms with van der Waals surface area (Å²) >= 11 is 0. The standard InChI is InChI=1S/C87H137N23O23/c1-85(2,3)131-71(119)51-108-38-36-107(37-39-109(52-72(120)132-86(4,5)6)41-43-110(42-40-108)53-73(121)133-87(7,8)9)50-68(114)98-60(74(122)93-33-19-17-27-59-78(126)102-57(29-21-35-95-84(90)91)76(124)97-49-67(113)100-64(47-70(117)118)82(130)106-62(80(128)104-59)45-55-24-14-11-15-25-55)30-31-65(111)92-32-18-16-26-58-77(125)101-56(28-20-34-94-83(88)89)75(123)96-48-66(112)99-63(46-69(115)116)81(129)105-61(79(127)103-58)44-54-22-12-10-13-23-54/h10-15,22-25,56-64H,16-21,26-53H2,1-9H3,(H,92,111)(H,93,122)(H,96,123)(H,97,124)(H,98,114)(H,99,112)(H,100,113)(H,101,125)(H,102,126)(H,103,127)(H,104,128)(H,105,129)(H,106,130)(H,115,116)(H,117,118)(H4,88,89,94)(H4,90,91,95)/t56-,57-,58?,59-,60?,61+,62+,63-,64-/m0/s1. The summed E-state index contributed by atoms with van der Waals surface area (Å²) in [5.74, 6) is -17.0. The number of benzene rings is 2. The lowest BCUT2D eigenvalue weighted by atomic mass is 10.0. The molecular weight excluding hydrogens is 1740 g/mol. The molecule has 9 atom stereocenters. The minimum atomic E-state index is -1.75. The fourth-order valence-electron chi connectivity index (χ4n) is 14.2. The maximum Gasteiger partial charge on any atom is 0.320 e. The molecule has 738 valence electrons. The fraction of sp³-hybridized carbons (Fsp3) is 0.632. The second kappa shape index (κ2) is 56.2. The Hall–Kier alpha value is -12.7. The van der Waals surface area contributed by atoms with Gasteiger partial charge < -0.3 is 116 Å². The van der Waals surface area contributed by atoms with E-state index in [2.05, 4.69) is 79.8 Å². The summed E-state index contributed by atoms with van der Waals surface area (Å²) in [5.41, 5.74) is 9.48. The SMILES string of the molecule is CC(C)(C)OC(=O)CN1CCN(CC(=O)NC(CCC(=O)NCCCCC2NC(=O)[C@@H](Cc3ccccc3)NC(=O)[C@H](CC(=O)O)NC(=O)CNC(=O)[C@H](CCCNC(=N)N)NC2=O)C(=O)NCCCC[C@@H]2NC(=O)[C@@H](Cc3ccccc3)NC(=O)[C@H](CC(=O)O)NC(=O)CNC(=O)[C@H](CCCNC(=N)N)NC2=O)CCN(CC(=O)OC(C)(C)C)CCN(CC(=O)OC(C)(C)C)CC1. The Balaban J connectivity index is 1.48. The Morgan fingerprint density at radius 2 is 0.692 bits per heavy atom. The molecule has 0 radical (unpaired) electrons. The highest BCUT2D eigenvalue weighted by molar-refractivity contribution is 6.00. The smallest absolute Gasteiger partial charge is 0.320 e. The van der Waals surface area contributed by atoms with Gasteiger partial charge in [-0.25, -0.2) is 0 Å². The molecule has 0 saturated carbocycles. The van der Waals surface area contributed by atoms with Crippen LogP contribution < -0.4 is 91.2 Å². The summed E-state index contributed by atoms with van der Waals surface area (Å²) in [6.45, 7) is 14.3. The van der Waals surface area contributed by atoms with Crippen LogP contribution in [0.2, 0.25) is 0 Å². The van der Waals surface area contributed by atoms with E-state index in [1.54, 1.807) is 128 Å². The van der Waals surface area contributed by atoms with Gasteiger partial charge in [-0.15, -0.1) is 0 Å². The highest BCUT2D eigenvalue weighted by Gasteiger charge is 2.38. The first-order valence-electron chi connectivity index (χ1n) is 44.7. The summed E-state index contributed by atoms with van der Waals surface area (Å²) in [6.07, 6.45) is -3.05. The molecule has 0 aromatic heterocycles. The highest BCUT2D eigenvalue weighted by Crippen LogP contribution is 2.17. The number of guanidine groups is 2. The van der Waals surface area contributed by atoms with Gasteiger partial charge in [0.05, 0.1) is 52.1 Å². The lowest BCUT2D eigenvalue weighted by molar-refractivity contribution is -0.158. The molecular formula is C87H137N23O23. The lowest BCUT2D eigenvalue weighted by Gasteiger charge is -2.34. The molecule has 3 fully saturated rings. The Morgan fingerprint density at radius 3 is 1.03 bits per heavy atom. The number of carbonyl (C=O) groups is 18. The van der Waals surface area contributed by atoms with E-state index < -0.39 is 217 Å². The van der Waals surface area contributed by atoms with Crippen molar-refractivity contribution in [2.24, 2.45) is 11.5 Å². The quantitative estimate of drug-likeness (QED) is 0.00981. The predicted molar refractivity (Wildman–Crippen MR) is 483 cm³/mol. The first-order chi connectivity index (χ1) is 62.6. The number of amides is 13. The van der Waals surface area contributed by atoms with Crippen LogP contribution in [-0.4, -0.2) is 337 Å². The number of esters is 3. The van der Waals surface area contributed by atoms with Crippen molar-refractivity contribution in [3.63, 3.8) is 0 Å². The largest absolute Gasteiger partial charge is 0.481 e. The van der Waals surface area contributed by atoms with Crippen molar-refractivity contribution in [2.75, 3.05) is 118 Å². The number of nitrogens with two attached hydrogens (primary N) is 2. The van der Waals surface area contributed by atoms with Crippen LogP contribution in [0.4, 0.5) is 0 Å². The Morgan fingerprint density at radius 1 is 0.391 bits per heavy atom. The van der Waals surface area contributed by atoms with Gasteiger partial charge in [0.15, 0.2) is 11.9 Å². The molecule has 23 N–H and O–H groups in total. The average Bonchev–Trinajstić information content (AvgIpc) is 1.84. The van der Waals surface area contributed by atoms with Gasteiger partial charge in [0.1, 0.15) is 71.2 Å². The average molecular weight is 1870 g/mol. The van der Waals surface area contributed by atoms with Crippen LogP contribution in [0.3, 0.4) is 0 Å². The lowest BCUT2D eigenvalue weighted by Crippen LogP contribution is -2.58. The van der Waals surface area contributed by atoms with E-state index in [0.717, 1.165) is 0 Å². The third-order valence-corrected chi connectivity index (χ3v) is 20.6. The van der Waals surface area contributed by atoms with Gasteiger partial charge in [0.2, 0.25) is 76.8 Å². The van der Waals surface area contributed by atoms with Crippen molar-refractivity contribution in [2.45, 2.75) is 236 Å². The molecule has 5 rings (SSSR count). The van der Waals surface area contributed by atoms with E-state index in [-0.39, 0.29) is 194 Å². The van der Waals surface area contributed by atoms with Crippen molar-refractivity contribution < 1.29 is 111 Å². The zero-order chi connectivity index (χ0) is 98.5. The summed E-state index contributed by atoms with van der Waals surface area (Å²) in [7, 11) is 0. The number of aliphatic carboxylic acids is 2. The molecule has 2 unspecified atom stereocenters. The third kappa shape index (κ3) is 46.8. The Bertz CT molecular complexity index is 4250. The summed E-state index contributed by atoms with van der Waals surface area (Å²) in [6, 6.07) is 3.02. The monoisotopic (exact) mass is 1870 g/mol. The van der Waals surface area contributed by atoms with Gasteiger partial charge in [-0.3, -0.25) is 117 Å². The van der Waals surface area contributed by atoms with Crippen molar-refractivity contribution in [1.82, 2.24) is 99.4 Å². The minimum Gasteiger partial charge on any atom is -0.481 e. The van der Waals surface area contributed by atoms with Crippen molar-refractivity contribution in [3.8, 4) is 0 Å². The minimum absolute atomic E-state index is 0.0279. The van der Waals surface area contributed by atoms with E-state index in [1.807, 2.05) is 14.7 Å². The van der Waals surface area contributed by atoms with Gasteiger partial charge >= 0.3 is 29.8 Å². The first-order valence-corrected chi connectivity index (χ1v) is 44.7. The molecule has 0 aliphatic carbocycles. The van der Waals surface area contributed by atoms with E-state index in [0.29, 0.717) is 11.1 Å². The second-order valence-electron chi connectivity index (χ2n) is 35.7. The zero-order valence-electron chi connectivity index (χ0n) is 77.4. The van der Waals surface area contributed by atoms with Crippen LogP contribution in [0.1, 0.15) is 163 Å². The molecule has 2 aromatic carbocycles. The predicted octanol–water partition coefficient (Wildman–Crippen LogP) is -4.83. The molecule has 2 aromatic rings. The number of unbranched alkanes of at least 4 members (excludes halogenated alkanes) is 2. The fourth-order valence-corrected chi connectivity index (χ4v) is 14.2. The third-order valence-electron chi connectivity index (χ3n) is 20.6. The van der Waals surface area contributed by atoms with Crippen LogP contribution in [0, 0.1) is 10.8 Å². The molecule has 46 heteroatoms. The number of carboxylic acid groups (broad SMARTS) is 2. The van der Waals surface area contributed by atoms with Crippen molar-refractivity contribution in [3.05, 3.63) is 71.8 Å². The van der Waals surface area contributed by atoms with Crippen LogP contribution >= 0.6 is 0 Å². The van der Waals surface area contributed by atoms with Crippen LogP contribution in [0.5, 0.6) is 0 Å². The zero-order valence-corrected chi connectivity index (χ0v) is 77.4. The highest BCUT2D eigenvalue weighted by atomic mass is 16.6. The Kier molecular flexibility index (Phi) is 46.8. The molecule has 133 heavy (non-hydrogen) atoms. The molecule has 3 aliphatic heterocycles. The molecule has 0 bridgehead atoms. The molecule has 13 amide bonds. The van der Waals surface area contributed by atoms with E-state index in [1.165, 1.54) is 0 Å². The normalized spacial score (nSPS) is 20.8.